The number of hydrogen-bond donors (Lipinski definition) is 1. The van der Waals surface area contributed by atoms with Gasteiger partial charge in [-0.05, 0) is 32.0 Å². The summed E-state index contributed by atoms with van der Waals surface area (Å²) in [6.07, 6.45) is 0.279. The number of ether oxygens (including phenoxy) is 1. The minimum atomic E-state index is 0.279. The Kier molecular flexibility index (Phi) is 3.94. The molecule has 1 heterocycles. The zero-order chi connectivity index (χ0) is 12.1. The molecule has 0 spiro atoms. The van der Waals surface area contributed by atoms with E-state index in [4.69, 9.17) is 4.74 Å². The Bertz CT molecular complexity index is 482. The SMILES string of the molecule is CC(C)OCCNc1ccc2ccccc2n1. The van der Waals surface area contributed by atoms with Crippen molar-refractivity contribution in [2.45, 2.75) is 20.0 Å². The average molecular weight is 230 g/mol. The van der Waals surface area contributed by atoms with Gasteiger partial charge in [0.1, 0.15) is 5.82 Å². The molecule has 0 unspecified atom stereocenters. The largest absolute Gasteiger partial charge is 0.377 e. The Hall–Kier alpha value is -1.61. The van der Waals surface area contributed by atoms with Crippen molar-refractivity contribution in [2.75, 3.05) is 18.5 Å². The summed E-state index contributed by atoms with van der Waals surface area (Å²) in [5, 5.41) is 4.42. The highest BCUT2D eigenvalue weighted by molar-refractivity contribution is 5.79. The number of nitrogens with one attached hydrogen (secondary N) is 1. The number of fused-ring (bicyclic) bond motifs is 1. The summed E-state index contributed by atoms with van der Waals surface area (Å²) in [4.78, 5) is 4.53. The predicted molar refractivity (Wildman–Crippen MR) is 71.3 cm³/mol. The smallest absolute Gasteiger partial charge is 0.126 e. The summed E-state index contributed by atoms with van der Waals surface area (Å²) in [5.41, 5.74) is 1.02. The van der Waals surface area contributed by atoms with Gasteiger partial charge in [0.05, 0.1) is 18.2 Å². The molecule has 0 aliphatic rings. The normalized spacial score (nSPS) is 11.0. The van der Waals surface area contributed by atoms with Crippen LogP contribution in [0, 0.1) is 0 Å². The van der Waals surface area contributed by atoms with E-state index in [-0.39, 0.29) is 6.10 Å². The zero-order valence-corrected chi connectivity index (χ0v) is 10.3. The molecule has 0 aliphatic heterocycles. The number of anilines is 1. The lowest BCUT2D eigenvalue weighted by molar-refractivity contribution is 0.0870. The van der Waals surface area contributed by atoms with Crippen LogP contribution in [0.5, 0.6) is 0 Å². The molecule has 0 fully saturated rings. The summed E-state index contributed by atoms with van der Waals surface area (Å²) >= 11 is 0. The van der Waals surface area contributed by atoms with E-state index in [2.05, 4.69) is 22.4 Å². The van der Waals surface area contributed by atoms with Gasteiger partial charge in [-0.3, -0.25) is 0 Å². The Labute approximate surface area is 102 Å². The molecule has 1 N–H and O–H groups in total. The van der Waals surface area contributed by atoms with Crippen LogP contribution in [0.2, 0.25) is 0 Å². The molecule has 0 atom stereocenters. The van der Waals surface area contributed by atoms with Gasteiger partial charge in [-0.2, -0.15) is 0 Å². The summed E-state index contributed by atoms with van der Waals surface area (Å²) in [7, 11) is 0. The third-order valence-electron chi connectivity index (χ3n) is 2.46. The van der Waals surface area contributed by atoms with Gasteiger partial charge in [0.25, 0.3) is 0 Å². The number of aromatic nitrogens is 1. The first-order chi connectivity index (χ1) is 8.25. The molecule has 17 heavy (non-hydrogen) atoms. The Balaban J connectivity index is 1.95. The second-order valence-corrected chi connectivity index (χ2v) is 4.24. The van der Waals surface area contributed by atoms with Crippen molar-refractivity contribution in [2.24, 2.45) is 0 Å². The lowest BCUT2D eigenvalue weighted by Crippen LogP contribution is -2.13. The molecule has 0 saturated heterocycles. The van der Waals surface area contributed by atoms with E-state index in [0.29, 0.717) is 6.61 Å². The number of hydrogen-bond acceptors (Lipinski definition) is 3. The molecule has 0 bridgehead atoms. The maximum Gasteiger partial charge on any atom is 0.126 e. The van der Waals surface area contributed by atoms with Gasteiger partial charge in [-0.25, -0.2) is 4.98 Å². The summed E-state index contributed by atoms with van der Waals surface area (Å²) < 4.78 is 5.46. The van der Waals surface area contributed by atoms with Crippen molar-refractivity contribution in [3.05, 3.63) is 36.4 Å². The Morgan fingerprint density at radius 2 is 2.00 bits per heavy atom. The molecule has 0 radical (unpaired) electrons. The van der Waals surface area contributed by atoms with Crippen molar-refractivity contribution in [1.29, 1.82) is 0 Å². The van der Waals surface area contributed by atoms with Crippen LogP contribution in [0.25, 0.3) is 10.9 Å². The van der Waals surface area contributed by atoms with Crippen molar-refractivity contribution in [3.8, 4) is 0 Å². The van der Waals surface area contributed by atoms with Gasteiger partial charge in [0, 0.05) is 11.9 Å². The van der Waals surface area contributed by atoms with Crippen molar-refractivity contribution in [3.63, 3.8) is 0 Å². The first kappa shape index (κ1) is 11.9. The third-order valence-corrected chi connectivity index (χ3v) is 2.46. The minimum Gasteiger partial charge on any atom is -0.377 e. The Morgan fingerprint density at radius 1 is 1.18 bits per heavy atom. The van der Waals surface area contributed by atoms with E-state index >= 15 is 0 Å². The summed E-state index contributed by atoms with van der Waals surface area (Å²) in [5.74, 6) is 0.899. The maximum atomic E-state index is 5.46. The molecule has 0 amide bonds. The van der Waals surface area contributed by atoms with E-state index in [1.54, 1.807) is 0 Å². The van der Waals surface area contributed by atoms with E-state index in [0.717, 1.165) is 23.3 Å². The third kappa shape index (κ3) is 3.43. The summed E-state index contributed by atoms with van der Waals surface area (Å²) in [6.45, 7) is 5.55. The van der Waals surface area contributed by atoms with Gasteiger partial charge in [0.15, 0.2) is 0 Å². The van der Waals surface area contributed by atoms with Crippen LogP contribution in [0.1, 0.15) is 13.8 Å². The molecule has 2 rings (SSSR count). The highest BCUT2D eigenvalue weighted by atomic mass is 16.5. The van der Waals surface area contributed by atoms with Crippen LogP contribution < -0.4 is 5.32 Å². The summed E-state index contributed by atoms with van der Waals surface area (Å²) in [6, 6.07) is 12.2. The van der Waals surface area contributed by atoms with E-state index in [1.807, 2.05) is 38.1 Å². The van der Waals surface area contributed by atoms with Gasteiger partial charge in [-0.15, -0.1) is 0 Å². The molecule has 3 heteroatoms. The van der Waals surface area contributed by atoms with Crippen LogP contribution in [0.3, 0.4) is 0 Å². The van der Waals surface area contributed by atoms with E-state index in [9.17, 15) is 0 Å². The fraction of sp³-hybridized carbons (Fsp3) is 0.357. The maximum absolute atomic E-state index is 5.46. The van der Waals surface area contributed by atoms with Gasteiger partial charge in [-0.1, -0.05) is 18.2 Å². The molecule has 2 aromatic rings. The first-order valence-electron chi connectivity index (χ1n) is 5.97. The second-order valence-electron chi connectivity index (χ2n) is 4.24. The monoisotopic (exact) mass is 230 g/mol. The van der Waals surface area contributed by atoms with Crippen molar-refractivity contribution >= 4 is 16.7 Å². The first-order valence-corrected chi connectivity index (χ1v) is 5.97. The standard InChI is InChI=1S/C14H18N2O/c1-11(2)17-10-9-15-14-8-7-12-5-3-4-6-13(12)16-14/h3-8,11H,9-10H2,1-2H3,(H,15,16). The fourth-order valence-electron chi connectivity index (χ4n) is 1.64. The quantitative estimate of drug-likeness (QED) is 0.801. The molecule has 0 aliphatic carbocycles. The molecule has 0 saturated carbocycles. The van der Waals surface area contributed by atoms with Gasteiger partial charge < -0.3 is 10.1 Å². The van der Waals surface area contributed by atoms with Crippen molar-refractivity contribution < 1.29 is 4.74 Å². The van der Waals surface area contributed by atoms with Crippen LogP contribution in [-0.4, -0.2) is 24.2 Å². The molecule has 90 valence electrons. The van der Waals surface area contributed by atoms with Crippen molar-refractivity contribution in [1.82, 2.24) is 4.98 Å². The molecular formula is C14H18N2O. The highest BCUT2D eigenvalue weighted by Crippen LogP contribution is 2.14. The second kappa shape index (κ2) is 5.64. The molecular weight excluding hydrogens is 212 g/mol. The minimum absolute atomic E-state index is 0.279. The van der Waals surface area contributed by atoms with Crippen LogP contribution in [0.15, 0.2) is 36.4 Å². The van der Waals surface area contributed by atoms with Crippen LogP contribution in [0.4, 0.5) is 5.82 Å². The highest BCUT2D eigenvalue weighted by Gasteiger charge is 1.97. The average Bonchev–Trinajstić information content (AvgIpc) is 2.34. The molecule has 3 nitrogen and oxygen atoms in total. The number of benzene rings is 1. The number of rotatable bonds is 5. The number of para-hydroxylation sites is 1. The zero-order valence-electron chi connectivity index (χ0n) is 10.3. The van der Waals surface area contributed by atoms with E-state index in [1.165, 1.54) is 0 Å². The molecule has 1 aromatic heterocycles. The van der Waals surface area contributed by atoms with E-state index < -0.39 is 0 Å². The lowest BCUT2D eigenvalue weighted by Gasteiger charge is -2.09. The fourth-order valence-corrected chi connectivity index (χ4v) is 1.64. The topological polar surface area (TPSA) is 34.1 Å². The van der Waals surface area contributed by atoms with Crippen LogP contribution in [-0.2, 0) is 4.74 Å². The molecule has 1 aromatic carbocycles. The number of nitrogens with zero attached hydrogens (tertiary/aromatic N) is 1. The predicted octanol–water partition coefficient (Wildman–Crippen LogP) is 3.07. The number of pyridine rings is 1. The lowest BCUT2D eigenvalue weighted by atomic mass is 10.2. The Morgan fingerprint density at radius 3 is 2.82 bits per heavy atom. The van der Waals surface area contributed by atoms with Crippen LogP contribution >= 0.6 is 0 Å². The van der Waals surface area contributed by atoms with Gasteiger partial charge >= 0.3 is 0 Å². The van der Waals surface area contributed by atoms with Gasteiger partial charge in [0.2, 0.25) is 0 Å².